The number of rotatable bonds is 4. The molecule has 2 aromatic rings. The molecule has 0 aliphatic rings. The molecule has 0 radical (unpaired) electrons. The highest BCUT2D eigenvalue weighted by atomic mass is 79.9. The maximum atomic E-state index is 12.1. The van der Waals surface area contributed by atoms with Gasteiger partial charge in [-0.1, -0.05) is 57.9 Å². The van der Waals surface area contributed by atoms with Crippen LogP contribution in [0.1, 0.15) is 5.56 Å². The lowest BCUT2D eigenvalue weighted by Crippen LogP contribution is -2.37. The van der Waals surface area contributed by atoms with Crippen LogP contribution in [-0.4, -0.2) is 11.9 Å². The number of hydrogen-bond acceptors (Lipinski definition) is 2. The fraction of sp³-hybridized carbons (Fsp3) is 0.133. The molecule has 3 nitrogen and oxygen atoms in total. The molecule has 0 spiro atoms. The van der Waals surface area contributed by atoms with Gasteiger partial charge in [0.15, 0.2) is 0 Å². The number of nitrogens with one attached hydrogen (secondary N) is 1. The Kier molecular flexibility index (Phi) is 5.17. The van der Waals surface area contributed by atoms with E-state index in [-0.39, 0.29) is 5.91 Å². The van der Waals surface area contributed by atoms with Crippen LogP contribution in [0.3, 0.4) is 0 Å². The van der Waals surface area contributed by atoms with E-state index in [4.69, 9.17) is 17.3 Å². The molecular weight excluding hydrogens is 340 g/mol. The molecular formula is C15H14BrClN2O. The summed E-state index contributed by atoms with van der Waals surface area (Å²) in [6.07, 6.45) is 0.484. The number of benzene rings is 2. The van der Waals surface area contributed by atoms with Gasteiger partial charge in [0.1, 0.15) is 0 Å². The van der Waals surface area contributed by atoms with Crippen molar-refractivity contribution >= 4 is 39.1 Å². The zero-order valence-electron chi connectivity index (χ0n) is 10.6. The molecule has 20 heavy (non-hydrogen) atoms. The number of halogens is 2. The summed E-state index contributed by atoms with van der Waals surface area (Å²) in [5, 5.41) is 3.23. The first kappa shape index (κ1) is 15.0. The molecule has 0 aromatic heterocycles. The average molecular weight is 354 g/mol. The van der Waals surface area contributed by atoms with Gasteiger partial charge in [-0.15, -0.1) is 0 Å². The Bertz CT molecular complexity index is 604. The third-order valence-electron chi connectivity index (χ3n) is 2.82. The summed E-state index contributed by atoms with van der Waals surface area (Å²) in [5.41, 5.74) is 7.49. The lowest BCUT2D eigenvalue weighted by atomic mass is 10.1. The van der Waals surface area contributed by atoms with E-state index in [1.807, 2.05) is 36.4 Å². The summed E-state index contributed by atoms with van der Waals surface area (Å²) in [7, 11) is 0. The zero-order valence-corrected chi connectivity index (χ0v) is 13.0. The van der Waals surface area contributed by atoms with E-state index in [2.05, 4.69) is 21.2 Å². The summed E-state index contributed by atoms with van der Waals surface area (Å²) in [5.74, 6) is -0.256. The summed E-state index contributed by atoms with van der Waals surface area (Å²) >= 11 is 9.36. The third kappa shape index (κ3) is 4.07. The summed E-state index contributed by atoms with van der Waals surface area (Å²) in [6.45, 7) is 0. The molecule has 3 N–H and O–H groups in total. The average Bonchev–Trinajstić information content (AvgIpc) is 2.44. The number of nitrogens with two attached hydrogens (primary N) is 1. The van der Waals surface area contributed by atoms with Gasteiger partial charge < -0.3 is 11.1 Å². The van der Waals surface area contributed by atoms with Crippen molar-refractivity contribution < 1.29 is 4.79 Å². The normalized spacial score (nSPS) is 11.9. The van der Waals surface area contributed by atoms with Gasteiger partial charge in [0.2, 0.25) is 5.91 Å². The second-order valence-corrected chi connectivity index (χ2v) is 5.73. The lowest BCUT2D eigenvalue weighted by Gasteiger charge is -2.13. The molecule has 0 heterocycles. The van der Waals surface area contributed by atoms with Crippen molar-refractivity contribution in [3.63, 3.8) is 0 Å². The Morgan fingerprint density at radius 2 is 1.95 bits per heavy atom. The Balaban J connectivity index is 2.02. The number of amides is 1. The Labute approximate surface area is 131 Å². The van der Waals surface area contributed by atoms with Gasteiger partial charge in [-0.25, -0.2) is 0 Å². The summed E-state index contributed by atoms with van der Waals surface area (Å²) in [6, 6.07) is 14.3. The van der Waals surface area contributed by atoms with E-state index in [9.17, 15) is 4.79 Å². The van der Waals surface area contributed by atoms with Crippen LogP contribution in [0, 0.1) is 0 Å². The van der Waals surface area contributed by atoms with Crippen molar-refractivity contribution in [1.82, 2.24) is 0 Å². The van der Waals surface area contributed by atoms with Crippen LogP contribution in [0.5, 0.6) is 0 Å². The number of hydrogen-bond donors (Lipinski definition) is 2. The first-order valence-corrected chi connectivity index (χ1v) is 7.29. The minimum Gasteiger partial charge on any atom is -0.323 e. The van der Waals surface area contributed by atoms with Crippen LogP contribution < -0.4 is 11.1 Å². The lowest BCUT2D eigenvalue weighted by molar-refractivity contribution is -0.117. The summed E-state index contributed by atoms with van der Waals surface area (Å²) in [4.78, 5) is 12.1. The Morgan fingerprint density at radius 3 is 2.65 bits per heavy atom. The monoisotopic (exact) mass is 352 g/mol. The molecule has 1 amide bonds. The van der Waals surface area contributed by atoms with Crippen molar-refractivity contribution in [2.45, 2.75) is 12.5 Å². The van der Waals surface area contributed by atoms with E-state index in [0.717, 1.165) is 10.0 Å². The molecule has 5 heteroatoms. The van der Waals surface area contributed by atoms with Crippen LogP contribution in [0.15, 0.2) is 53.0 Å². The molecule has 0 aliphatic carbocycles. The number of carbonyl (C=O) groups excluding carboxylic acids is 1. The van der Waals surface area contributed by atoms with Crippen LogP contribution in [0.4, 0.5) is 5.69 Å². The van der Waals surface area contributed by atoms with Crippen LogP contribution >= 0.6 is 27.5 Å². The smallest absolute Gasteiger partial charge is 0.241 e. The van der Waals surface area contributed by atoms with Crippen molar-refractivity contribution in [1.29, 1.82) is 0 Å². The highest BCUT2D eigenvalue weighted by Crippen LogP contribution is 2.25. The van der Waals surface area contributed by atoms with Gasteiger partial charge in [-0.05, 0) is 30.2 Å². The molecule has 0 unspecified atom stereocenters. The van der Waals surface area contributed by atoms with E-state index >= 15 is 0 Å². The van der Waals surface area contributed by atoms with Gasteiger partial charge in [0.05, 0.1) is 16.8 Å². The molecule has 2 aromatic carbocycles. The predicted octanol–water partition coefficient (Wildman–Crippen LogP) is 3.61. The minimum atomic E-state index is -0.618. The second kappa shape index (κ2) is 6.88. The quantitative estimate of drug-likeness (QED) is 0.882. The van der Waals surface area contributed by atoms with Gasteiger partial charge >= 0.3 is 0 Å². The van der Waals surface area contributed by atoms with Gasteiger partial charge in [0, 0.05) is 4.47 Å². The highest BCUT2D eigenvalue weighted by molar-refractivity contribution is 9.10. The van der Waals surface area contributed by atoms with Crippen molar-refractivity contribution in [2.75, 3.05) is 5.32 Å². The Hall–Kier alpha value is -1.36. The molecule has 0 bridgehead atoms. The van der Waals surface area contributed by atoms with Crippen LogP contribution in [0.2, 0.25) is 5.02 Å². The maximum absolute atomic E-state index is 12.1. The SMILES string of the molecule is N[C@H](Cc1ccccc1)C(=O)Nc1cc(Br)ccc1Cl. The third-order valence-corrected chi connectivity index (χ3v) is 3.64. The first-order valence-electron chi connectivity index (χ1n) is 6.11. The van der Waals surface area contributed by atoms with Gasteiger partial charge in [0.25, 0.3) is 0 Å². The molecule has 0 fully saturated rings. The van der Waals surface area contributed by atoms with E-state index in [0.29, 0.717) is 17.1 Å². The second-order valence-electron chi connectivity index (χ2n) is 4.41. The largest absolute Gasteiger partial charge is 0.323 e. The van der Waals surface area contributed by atoms with Crippen molar-refractivity contribution in [2.24, 2.45) is 5.73 Å². The molecule has 0 aliphatic heterocycles. The maximum Gasteiger partial charge on any atom is 0.241 e. The predicted molar refractivity (Wildman–Crippen MR) is 85.9 cm³/mol. The topological polar surface area (TPSA) is 55.1 Å². The minimum absolute atomic E-state index is 0.256. The van der Waals surface area contributed by atoms with Crippen LogP contribution in [0.25, 0.3) is 0 Å². The standard InChI is InChI=1S/C15H14BrClN2O/c16-11-6-7-12(17)14(9-11)19-15(20)13(18)8-10-4-2-1-3-5-10/h1-7,9,13H,8,18H2,(H,19,20)/t13-/m1/s1. The van der Waals surface area contributed by atoms with Gasteiger partial charge in [-0.2, -0.15) is 0 Å². The molecule has 0 saturated heterocycles. The van der Waals surface area contributed by atoms with E-state index in [1.54, 1.807) is 12.1 Å². The first-order chi connectivity index (χ1) is 9.56. The fourth-order valence-electron chi connectivity index (χ4n) is 1.78. The Morgan fingerprint density at radius 1 is 1.25 bits per heavy atom. The van der Waals surface area contributed by atoms with Crippen molar-refractivity contribution in [3.05, 3.63) is 63.6 Å². The van der Waals surface area contributed by atoms with Crippen LogP contribution in [-0.2, 0) is 11.2 Å². The fourth-order valence-corrected chi connectivity index (χ4v) is 2.31. The molecule has 0 saturated carbocycles. The summed E-state index contributed by atoms with van der Waals surface area (Å²) < 4.78 is 0.842. The van der Waals surface area contributed by atoms with Gasteiger partial charge in [-0.3, -0.25) is 4.79 Å². The van der Waals surface area contributed by atoms with E-state index < -0.39 is 6.04 Å². The molecule has 2 rings (SSSR count). The van der Waals surface area contributed by atoms with E-state index in [1.165, 1.54) is 0 Å². The zero-order chi connectivity index (χ0) is 14.5. The highest BCUT2D eigenvalue weighted by Gasteiger charge is 2.15. The number of carbonyl (C=O) groups is 1. The molecule has 104 valence electrons. The van der Waals surface area contributed by atoms with Crippen molar-refractivity contribution in [3.8, 4) is 0 Å². The molecule has 1 atom stereocenters. The number of anilines is 1.